The third-order valence-corrected chi connectivity index (χ3v) is 4.00. The zero-order valence-corrected chi connectivity index (χ0v) is 13.3. The number of nitrogens with one attached hydrogen (secondary N) is 1. The van der Waals surface area contributed by atoms with E-state index >= 15 is 0 Å². The van der Waals surface area contributed by atoms with Crippen LogP contribution >= 0.6 is 15.9 Å². The molecule has 2 rings (SSSR count). The maximum atomic E-state index is 12.0. The van der Waals surface area contributed by atoms with Crippen LogP contribution in [0.5, 0.6) is 0 Å². The molecule has 5 heteroatoms. The van der Waals surface area contributed by atoms with Crippen molar-refractivity contribution in [2.45, 2.75) is 45.2 Å². The van der Waals surface area contributed by atoms with Crippen molar-refractivity contribution in [1.29, 1.82) is 0 Å². The first-order chi connectivity index (χ1) is 8.86. The van der Waals surface area contributed by atoms with Crippen LogP contribution in [0.4, 0.5) is 0 Å². The van der Waals surface area contributed by atoms with E-state index in [0.717, 1.165) is 25.9 Å². The molecule has 0 saturated carbocycles. The highest BCUT2D eigenvalue weighted by Crippen LogP contribution is 2.20. The average Bonchev–Trinajstić information content (AvgIpc) is 2.75. The highest BCUT2D eigenvalue weighted by atomic mass is 79.9. The van der Waals surface area contributed by atoms with E-state index in [-0.39, 0.29) is 17.5 Å². The van der Waals surface area contributed by atoms with E-state index < -0.39 is 0 Å². The van der Waals surface area contributed by atoms with Gasteiger partial charge in [-0.2, -0.15) is 0 Å². The van der Waals surface area contributed by atoms with Gasteiger partial charge < -0.3 is 9.73 Å². The van der Waals surface area contributed by atoms with Gasteiger partial charge in [0.2, 0.25) is 0 Å². The smallest absolute Gasteiger partial charge is 0.287 e. The Morgan fingerprint density at radius 2 is 2.00 bits per heavy atom. The summed E-state index contributed by atoms with van der Waals surface area (Å²) in [6, 6.07) is 3.66. The zero-order valence-electron chi connectivity index (χ0n) is 11.7. The minimum atomic E-state index is -0.125. The molecule has 0 radical (unpaired) electrons. The van der Waals surface area contributed by atoms with Gasteiger partial charge in [0.15, 0.2) is 10.4 Å². The first-order valence-corrected chi connectivity index (χ1v) is 7.47. The second-order valence-corrected chi connectivity index (χ2v) is 6.79. The lowest BCUT2D eigenvalue weighted by Gasteiger charge is -2.40. The predicted octanol–water partition coefficient (Wildman–Crippen LogP) is 3.03. The third-order valence-electron chi connectivity index (χ3n) is 3.58. The van der Waals surface area contributed by atoms with Crippen LogP contribution in [0.3, 0.4) is 0 Å². The summed E-state index contributed by atoms with van der Waals surface area (Å²) < 4.78 is 5.84. The van der Waals surface area contributed by atoms with Crippen LogP contribution in [0, 0.1) is 0 Å². The van der Waals surface area contributed by atoms with Crippen LogP contribution in [0.25, 0.3) is 0 Å². The number of nitrogens with zero attached hydrogens (tertiary/aromatic N) is 1. The summed E-state index contributed by atoms with van der Waals surface area (Å²) in [7, 11) is 0. The number of hydrogen-bond acceptors (Lipinski definition) is 3. The molecule has 1 saturated heterocycles. The van der Waals surface area contributed by atoms with Crippen molar-refractivity contribution < 1.29 is 9.21 Å². The largest absolute Gasteiger partial charge is 0.444 e. The lowest BCUT2D eigenvalue weighted by atomic mass is 9.98. The van der Waals surface area contributed by atoms with Gasteiger partial charge in [-0.15, -0.1) is 0 Å². The normalized spacial score (nSPS) is 18.5. The van der Waals surface area contributed by atoms with Crippen molar-refractivity contribution in [2.24, 2.45) is 0 Å². The summed E-state index contributed by atoms with van der Waals surface area (Å²) in [6.07, 6.45) is 1.98. The van der Waals surface area contributed by atoms with E-state index in [1.165, 1.54) is 0 Å². The van der Waals surface area contributed by atoms with E-state index in [9.17, 15) is 4.79 Å². The van der Waals surface area contributed by atoms with E-state index in [1.807, 2.05) is 0 Å². The quantitative estimate of drug-likeness (QED) is 0.907. The van der Waals surface area contributed by atoms with Crippen molar-refractivity contribution in [3.8, 4) is 0 Å². The third kappa shape index (κ3) is 3.83. The molecule has 0 aliphatic carbocycles. The number of furan rings is 1. The van der Waals surface area contributed by atoms with Gasteiger partial charge in [-0.05, 0) is 61.7 Å². The van der Waals surface area contributed by atoms with E-state index in [0.29, 0.717) is 10.4 Å². The van der Waals surface area contributed by atoms with Crippen LogP contribution in [0.2, 0.25) is 0 Å². The Kier molecular flexibility index (Phi) is 4.36. The number of amides is 1. The molecule has 1 aliphatic rings. The molecule has 1 aliphatic heterocycles. The molecule has 1 aromatic heterocycles. The number of carbonyl (C=O) groups is 1. The van der Waals surface area contributed by atoms with Gasteiger partial charge in [0.1, 0.15) is 0 Å². The molecule has 4 nitrogen and oxygen atoms in total. The monoisotopic (exact) mass is 328 g/mol. The number of halogens is 1. The van der Waals surface area contributed by atoms with Gasteiger partial charge in [-0.1, -0.05) is 0 Å². The summed E-state index contributed by atoms with van der Waals surface area (Å²) in [6.45, 7) is 8.73. The topological polar surface area (TPSA) is 45.5 Å². The molecule has 1 N–H and O–H groups in total. The average molecular weight is 329 g/mol. The molecule has 0 atom stereocenters. The highest BCUT2D eigenvalue weighted by molar-refractivity contribution is 9.10. The highest BCUT2D eigenvalue weighted by Gasteiger charge is 2.28. The molecule has 0 spiro atoms. The Bertz CT molecular complexity index is 443. The number of carbonyl (C=O) groups excluding carboxylic acids is 1. The van der Waals surface area contributed by atoms with Crippen molar-refractivity contribution in [3.63, 3.8) is 0 Å². The fourth-order valence-corrected chi connectivity index (χ4v) is 2.69. The summed E-state index contributed by atoms with van der Waals surface area (Å²) >= 11 is 3.20. The first kappa shape index (κ1) is 14.6. The maximum absolute atomic E-state index is 12.0. The minimum Gasteiger partial charge on any atom is -0.444 e. The fourth-order valence-electron chi connectivity index (χ4n) is 2.39. The second-order valence-electron chi connectivity index (χ2n) is 6.01. The van der Waals surface area contributed by atoms with Crippen molar-refractivity contribution >= 4 is 21.8 Å². The molecule has 106 valence electrons. The molecule has 0 bridgehead atoms. The number of likely N-dealkylation sites (tertiary alicyclic amines) is 1. The lowest BCUT2D eigenvalue weighted by Crippen LogP contribution is -2.50. The molecule has 1 amide bonds. The van der Waals surface area contributed by atoms with Gasteiger partial charge >= 0.3 is 0 Å². The summed E-state index contributed by atoms with van der Waals surface area (Å²) in [5.41, 5.74) is 0.209. The Labute approximate surface area is 122 Å². The van der Waals surface area contributed by atoms with E-state index in [4.69, 9.17) is 4.42 Å². The number of piperidine rings is 1. The molecule has 0 aromatic carbocycles. The Morgan fingerprint density at radius 3 is 2.47 bits per heavy atom. The molecule has 0 unspecified atom stereocenters. The van der Waals surface area contributed by atoms with Crippen molar-refractivity contribution in [2.75, 3.05) is 13.1 Å². The standard InChI is InChI=1S/C14H21BrN2O2/c1-14(2,3)17-8-6-10(7-9-17)16-13(18)11-4-5-12(15)19-11/h4-5,10H,6-9H2,1-3H3,(H,16,18). The van der Waals surface area contributed by atoms with Gasteiger partial charge in [0, 0.05) is 24.7 Å². The van der Waals surface area contributed by atoms with Crippen LogP contribution in [0.1, 0.15) is 44.2 Å². The molecule has 1 fully saturated rings. The number of rotatable bonds is 2. The fraction of sp³-hybridized carbons (Fsp3) is 0.643. The molecular weight excluding hydrogens is 308 g/mol. The van der Waals surface area contributed by atoms with Crippen LogP contribution in [-0.4, -0.2) is 35.5 Å². The van der Waals surface area contributed by atoms with Gasteiger partial charge in [-0.3, -0.25) is 9.69 Å². The van der Waals surface area contributed by atoms with Gasteiger partial charge in [0.25, 0.3) is 5.91 Å². The van der Waals surface area contributed by atoms with Gasteiger partial charge in [0.05, 0.1) is 0 Å². The molecular formula is C14H21BrN2O2. The Hall–Kier alpha value is -0.810. The van der Waals surface area contributed by atoms with Crippen LogP contribution in [-0.2, 0) is 0 Å². The van der Waals surface area contributed by atoms with E-state index in [1.54, 1.807) is 12.1 Å². The first-order valence-electron chi connectivity index (χ1n) is 6.67. The SMILES string of the molecule is CC(C)(C)N1CCC(NC(=O)c2ccc(Br)o2)CC1. The summed E-state index contributed by atoms with van der Waals surface area (Å²) in [5.74, 6) is 0.241. The molecule has 2 heterocycles. The zero-order chi connectivity index (χ0) is 14.0. The Morgan fingerprint density at radius 1 is 1.37 bits per heavy atom. The van der Waals surface area contributed by atoms with Crippen molar-refractivity contribution in [1.82, 2.24) is 10.2 Å². The van der Waals surface area contributed by atoms with Crippen LogP contribution in [0.15, 0.2) is 21.2 Å². The second kappa shape index (κ2) is 5.67. The lowest BCUT2D eigenvalue weighted by molar-refractivity contribution is 0.0792. The molecule has 1 aromatic rings. The predicted molar refractivity (Wildman–Crippen MR) is 78.2 cm³/mol. The number of hydrogen-bond donors (Lipinski definition) is 1. The molecule has 19 heavy (non-hydrogen) atoms. The Balaban J connectivity index is 1.84. The minimum absolute atomic E-state index is 0.125. The van der Waals surface area contributed by atoms with Gasteiger partial charge in [-0.25, -0.2) is 0 Å². The van der Waals surface area contributed by atoms with E-state index in [2.05, 4.69) is 46.9 Å². The van der Waals surface area contributed by atoms with Crippen LogP contribution < -0.4 is 5.32 Å². The summed E-state index contributed by atoms with van der Waals surface area (Å²) in [4.78, 5) is 14.4. The van der Waals surface area contributed by atoms with Crippen molar-refractivity contribution in [3.05, 3.63) is 22.6 Å². The maximum Gasteiger partial charge on any atom is 0.287 e. The summed E-state index contributed by atoms with van der Waals surface area (Å²) in [5, 5.41) is 3.04.